The van der Waals surface area contributed by atoms with Crippen molar-refractivity contribution in [2.75, 3.05) is 19.3 Å². The highest BCUT2D eigenvalue weighted by molar-refractivity contribution is 8.00. The van der Waals surface area contributed by atoms with E-state index in [1.54, 1.807) is 23.7 Å². The molecule has 4 nitrogen and oxygen atoms in total. The van der Waals surface area contributed by atoms with Crippen molar-refractivity contribution in [3.63, 3.8) is 0 Å². The summed E-state index contributed by atoms with van der Waals surface area (Å²) in [6, 6.07) is 8.34. The van der Waals surface area contributed by atoms with Crippen molar-refractivity contribution >= 4 is 23.6 Å². The standard InChI is InChI=1S/C16H22N2O2S/c1-16(2,3)12-7-5-11(6-8-12)15-18(9-13(19)17-4)14(20)10-21-15/h5-8,15H,9-10H2,1-4H3,(H,17,19)/t15-/m0/s1. The third kappa shape index (κ3) is 3.59. The minimum absolute atomic E-state index is 0.0218. The smallest absolute Gasteiger partial charge is 0.239 e. The first-order valence-corrected chi connectivity index (χ1v) is 8.10. The monoisotopic (exact) mass is 306 g/mol. The molecule has 0 saturated carbocycles. The molecule has 21 heavy (non-hydrogen) atoms. The van der Waals surface area contributed by atoms with Gasteiger partial charge in [0.1, 0.15) is 11.9 Å². The molecule has 114 valence electrons. The topological polar surface area (TPSA) is 49.4 Å². The lowest BCUT2D eigenvalue weighted by Crippen LogP contribution is -2.37. The second kappa shape index (κ2) is 6.10. The minimum Gasteiger partial charge on any atom is -0.358 e. The van der Waals surface area contributed by atoms with Crippen LogP contribution in [-0.2, 0) is 15.0 Å². The number of nitrogens with zero attached hydrogens (tertiary/aromatic N) is 1. The fraction of sp³-hybridized carbons (Fsp3) is 0.500. The summed E-state index contributed by atoms with van der Waals surface area (Å²) >= 11 is 1.57. The summed E-state index contributed by atoms with van der Waals surface area (Å²) in [5.41, 5.74) is 2.44. The SMILES string of the molecule is CNC(=O)CN1C(=O)CS[C@H]1c1ccc(C(C)(C)C)cc1. The molecule has 1 N–H and O–H groups in total. The number of hydrogen-bond donors (Lipinski definition) is 1. The molecule has 1 aliphatic heterocycles. The van der Waals surface area contributed by atoms with Crippen molar-refractivity contribution in [2.45, 2.75) is 31.6 Å². The summed E-state index contributed by atoms with van der Waals surface area (Å²) in [6.45, 7) is 6.64. The maximum absolute atomic E-state index is 12.0. The molecule has 5 heteroatoms. The van der Waals surface area contributed by atoms with Crippen LogP contribution in [0.4, 0.5) is 0 Å². The Kier molecular flexibility index (Phi) is 4.61. The van der Waals surface area contributed by atoms with Gasteiger partial charge in [-0.2, -0.15) is 0 Å². The Morgan fingerprint density at radius 1 is 1.33 bits per heavy atom. The zero-order valence-electron chi connectivity index (χ0n) is 13.0. The van der Waals surface area contributed by atoms with E-state index in [9.17, 15) is 9.59 Å². The van der Waals surface area contributed by atoms with Crippen LogP contribution >= 0.6 is 11.8 Å². The fourth-order valence-electron chi connectivity index (χ4n) is 2.28. The quantitative estimate of drug-likeness (QED) is 0.932. The van der Waals surface area contributed by atoms with Crippen LogP contribution in [0.3, 0.4) is 0 Å². The molecule has 1 saturated heterocycles. The molecule has 1 aliphatic rings. The van der Waals surface area contributed by atoms with Crippen molar-refractivity contribution in [2.24, 2.45) is 0 Å². The highest BCUT2D eigenvalue weighted by Crippen LogP contribution is 2.38. The second-order valence-electron chi connectivity index (χ2n) is 6.23. The largest absolute Gasteiger partial charge is 0.358 e. The number of benzene rings is 1. The third-order valence-electron chi connectivity index (χ3n) is 3.62. The van der Waals surface area contributed by atoms with Gasteiger partial charge in [-0.1, -0.05) is 45.0 Å². The van der Waals surface area contributed by atoms with Crippen LogP contribution in [-0.4, -0.2) is 36.1 Å². The van der Waals surface area contributed by atoms with Gasteiger partial charge in [-0.3, -0.25) is 9.59 Å². The summed E-state index contributed by atoms with van der Waals surface area (Å²) < 4.78 is 0. The Morgan fingerprint density at radius 2 is 1.95 bits per heavy atom. The molecule has 1 aromatic rings. The predicted molar refractivity (Wildman–Crippen MR) is 86.1 cm³/mol. The molecule has 0 radical (unpaired) electrons. The van der Waals surface area contributed by atoms with E-state index >= 15 is 0 Å². The highest BCUT2D eigenvalue weighted by Gasteiger charge is 2.34. The Bertz CT molecular complexity index is 534. The molecule has 0 aliphatic carbocycles. The van der Waals surface area contributed by atoms with Crippen molar-refractivity contribution in [1.82, 2.24) is 10.2 Å². The summed E-state index contributed by atoms with van der Waals surface area (Å²) in [7, 11) is 1.59. The number of carbonyl (C=O) groups excluding carboxylic acids is 2. The average molecular weight is 306 g/mol. The van der Waals surface area contributed by atoms with E-state index in [1.807, 2.05) is 0 Å². The molecule has 2 rings (SSSR count). The van der Waals surface area contributed by atoms with Crippen molar-refractivity contribution < 1.29 is 9.59 Å². The first kappa shape index (κ1) is 15.9. The molecule has 0 spiro atoms. The Balaban J connectivity index is 2.20. The van der Waals surface area contributed by atoms with E-state index in [0.29, 0.717) is 5.75 Å². The van der Waals surface area contributed by atoms with E-state index in [2.05, 4.69) is 50.4 Å². The van der Waals surface area contributed by atoms with Crippen LogP contribution in [0.25, 0.3) is 0 Å². The van der Waals surface area contributed by atoms with E-state index in [0.717, 1.165) is 5.56 Å². The normalized spacial score (nSPS) is 19.0. The number of nitrogens with one attached hydrogen (secondary N) is 1. The summed E-state index contributed by atoms with van der Waals surface area (Å²) in [5, 5.41) is 2.51. The van der Waals surface area contributed by atoms with Gasteiger partial charge in [0.05, 0.1) is 5.75 Å². The first-order chi connectivity index (χ1) is 9.82. The predicted octanol–water partition coefficient (Wildman–Crippen LogP) is 2.30. The van der Waals surface area contributed by atoms with Gasteiger partial charge < -0.3 is 10.2 Å². The van der Waals surface area contributed by atoms with Gasteiger partial charge in [0.2, 0.25) is 11.8 Å². The number of thioether (sulfide) groups is 1. The van der Waals surface area contributed by atoms with Gasteiger partial charge >= 0.3 is 0 Å². The van der Waals surface area contributed by atoms with Gasteiger partial charge in [0.25, 0.3) is 0 Å². The zero-order chi connectivity index (χ0) is 15.6. The van der Waals surface area contributed by atoms with Crippen LogP contribution < -0.4 is 5.32 Å². The second-order valence-corrected chi connectivity index (χ2v) is 7.30. The molecule has 1 aromatic carbocycles. The maximum atomic E-state index is 12.0. The van der Waals surface area contributed by atoms with E-state index in [-0.39, 0.29) is 29.1 Å². The van der Waals surface area contributed by atoms with Crippen molar-refractivity contribution in [3.8, 4) is 0 Å². The van der Waals surface area contributed by atoms with Crippen molar-refractivity contribution in [3.05, 3.63) is 35.4 Å². The number of rotatable bonds is 3. The van der Waals surface area contributed by atoms with E-state index in [1.165, 1.54) is 5.56 Å². The van der Waals surface area contributed by atoms with Crippen LogP contribution in [0, 0.1) is 0 Å². The molecule has 0 aromatic heterocycles. The highest BCUT2D eigenvalue weighted by atomic mass is 32.2. The summed E-state index contributed by atoms with van der Waals surface area (Å²) in [6.07, 6.45) is 0. The van der Waals surface area contributed by atoms with Gasteiger partial charge in [0.15, 0.2) is 0 Å². The van der Waals surface area contributed by atoms with Gasteiger partial charge in [-0.15, -0.1) is 11.8 Å². The number of carbonyl (C=O) groups is 2. The fourth-order valence-corrected chi connectivity index (χ4v) is 3.47. The number of hydrogen-bond acceptors (Lipinski definition) is 3. The molecule has 1 atom stereocenters. The minimum atomic E-state index is -0.137. The van der Waals surface area contributed by atoms with Crippen LogP contribution in [0.1, 0.15) is 37.3 Å². The molecule has 2 amide bonds. The van der Waals surface area contributed by atoms with Crippen molar-refractivity contribution in [1.29, 1.82) is 0 Å². The number of likely N-dealkylation sites (N-methyl/N-ethyl adjacent to an activating group) is 1. The molecular weight excluding hydrogens is 284 g/mol. The lowest BCUT2D eigenvalue weighted by Gasteiger charge is -2.25. The maximum Gasteiger partial charge on any atom is 0.239 e. The lowest BCUT2D eigenvalue weighted by molar-refractivity contribution is -0.133. The van der Waals surface area contributed by atoms with Gasteiger partial charge in [-0.05, 0) is 16.5 Å². The average Bonchev–Trinajstić information content (AvgIpc) is 2.79. The molecule has 0 unspecified atom stereocenters. The third-order valence-corrected chi connectivity index (χ3v) is 4.88. The zero-order valence-corrected chi connectivity index (χ0v) is 13.8. The molecule has 1 fully saturated rings. The molecule has 0 bridgehead atoms. The van der Waals surface area contributed by atoms with Crippen LogP contribution in [0.5, 0.6) is 0 Å². The molecule has 1 heterocycles. The molecular formula is C16H22N2O2S. The van der Waals surface area contributed by atoms with Crippen LogP contribution in [0.15, 0.2) is 24.3 Å². The summed E-state index contributed by atoms with van der Waals surface area (Å²) in [4.78, 5) is 25.2. The van der Waals surface area contributed by atoms with E-state index < -0.39 is 0 Å². The number of amides is 2. The Labute approximate surface area is 130 Å². The van der Waals surface area contributed by atoms with Gasteiger partial charge in [0, 0.05) is 7.05 Å². The summed E-state index contributed by atoms with van der Waals surface area (Å²) in [5.74, 6) is 0.318. The Morgan fingerprint density at radius 3 is 2.48 bits per heavy atom. The van der Waals surface area contributed by atoms with Crippen LogP contribution in [0.2, 0.25) is 0 Å². The first-order valence-electron chi connectivity index (χ1n) is 7.05. The van der Waals surface area contributed by atoms with E-state index in [4.69, 9.17) is 0 Å². The lowest BCUT2D eigenvalue weighted by atomic mass is 9.87. The van der Waals surface area contributed by atoms with Gasteiger partial charge in [-0.25, -0.2) is 0 Å². The Hall–Kier alpha value is -1.49.